The SMILES string of the molecule is Nc1ncccc1CC1CNCC1F. The monoisotopic (exact) mass is 195 g/mol. The average molecular weight is 195 g/mol. The van der Waals surface area contributed by atoms with E-state index in [4.69, 9.17) is 5.73 Å². The van der Waals surface area contributed by atoms with Gasteiger partial charge in [0.2, 0.25) is 0 Å². The minimum Gasteiger partial charge on any atom is -0.383 e. The lowest BCUT2D eigenvalue weighted by atomic mass is 9.98. The van der Waals surface area contributed by atoms with Gasteiger partial charge in [-0.15, -0.1) is 0 Å². The number of rotatable bonds is 2. The van der Waals surface area contributed by atoms with E-state index in [1.54, 1.807) is 6.20 Å². The molecule has 2 atom stereocenters. The smallest absolute Gasteiger partial charge is 0.126 e. The first-order chi connectivity index (χ1) is 6.77. The van der Waals surface area contributed by atoms with E-state index in [0.717, 1.165) is 12.1 Å². The molecule has 76 valence electrons. The lowest BCUT2D eigenvalue weighted by molar-refractivity contribution is 0.282. The fourth-order valence-electron chi connectivity index (χ4n) is 1.81. The molecule has 14 heavy (non-hydrogen) atoms. The molecule has 3 N–H and O–H groups in total. The number of nitrogen functional groups attached to an aromatic ring is 1. The summed E-state index contributed by atoms with van der Waals surface area (Å²) in [6, 6.07) is 3.74. The fraction of sp³-hybridized carbons (Fsp3) is 0.500. The number of anilines is 1. The molecule has 0 aromatic carbocycles. The Bertz CT molecular complexity index is 316. The molecule has 1 aliphatic rings. The number of halogens is 1. The van der Waals surface area contributed by atoms with E-state index in [-0.39, 0.29) is 5.92 Å². The van der Waals surface area contributed by atoms with Crippen molar-refractivity contribution in [1.82, 2.24) is 10.3 Å². The number of nitrogens with zero attached hydrogens (tertiary/aromatic N) is 1. The van der Waals surface area contributed by atoms with E-state index < -0.39 is 6.17 Å². The van der Waals surface area contributed by atoms with E-state index in [0.29, 0.717) is 18.8 Å². The topological polar surface area (TPSA) is 50.9 Å². The molecule has 0 saturated carbocycles. The van der Waals surface area contributed by atoms with Gasteiger partial charge in [-0.1, -0.05) is 6.07 Å². The molecular formula is C10H14FN3. The summed E-state index contributed by atoms with van der Waals surface area (Å²) in [6.07, 6.45) is 1.57. The van der Waals surface area contributed by atoms with Crippen molar-refractivity contribution in [2.24, 2.45) is 5.92 Å². The Balaban J connectivity index is 2.07. The molecule has 3 nitrogen and oxygen atoms in total. The maximum absolute atomic E-state index is 13.3. The number of hydrogen-bond donors (Lipinski definition) is 2. The molecule has 1 saturated heterocycles. The van der Waals surface area contributed by atoms with Crippen LogP contribution in [0.2, 0.25) is 0 Å². The highest BCUT2D eigenvalue weighted by molar-refractivity contribution is 5.38. The lowest BCUT2D eigenvalue weighted by Crippen LogP contribution is -2.16. The van der Waals surface area contributed by atoms with Crippen molar-refractivity contribution in [2.75, 3.05) is 18.8 Å². The fourth-order valence-corrected chi connectivity index (χ4v) is 1.81. The number of pyridine rings is 1. The predicted molar refractivity (Wildman–Crippen MR) is 53.6 cm³/mol. The summed E-state index contributed by atoms with van der Waals surface area (Å²) >= 11 is 0. The summed E-state index contributed by atoms with van der Waals surface area (Å²) in [5.41, 5.74) is 6.64. The van der Waals surface area contributed by atoms with E-state index in [9.17, 15) is 4.39 Å². The molecule has 0 bridgehead atoms. The van der Waals surface area contributed by atoms with Gasteiger partial charge >= 0.3 is 0 Å². The molecule has 4 heteroatoms. The molecule has 0 spiro atoms. The van der Waals surface area contributed by atoms with Crippen LogP contribution in [0, 0.1) is 5.92 Å². The quantitative estimate of drug-likeness (QED) is 0.732. The highest BCUT2D eigenvalue weighted by Gasteiger charge is 2.27. The van der Waals surface area contributed by atoms with Crippen LogP contribution in [0.4, 0.5) is 10.2 Å². The molecule has 2 unspecified atom stereocenters. The van der Waals surface area contributed by atoms with Gasteiger partial charge in [0, 0.05) is 25.2 Å². The minimum atomic E-state index is -0.755. The first kappa shape index (κ1) is 9.40. The van der Waals surface area contributed by atoms with E-state index in [1.165, 1.54) is 0 Å². The van der Waals surface area contributed by atoms with Crippen LogP contribution in [0.25, 0.3) is 0 Å². The Morgan fingerprint density at radius 3 is 3.07 bits per heavy atom. The van der Waals surface area contributed by atoms with Gasteiger partial charge < -0.3 is 11.1 Å². The van der Waals surface area contributed by atoms with Crippen LogP contribution in [0.3, 0.4) is 0 Å². The van der Waals surface area contributed by atoms with Crippen LogP contribution in [0.1, 0.15) is 5.56 Å². The van der Waals surface area contributed by atoms with Crippen molar-refractivity contribution in [1.29, 1.82) is 0 Å². The van der Waals surface area contributed by atoms with Crippen LogP contribution in [-0.4, -0.2) is 24.2 Å². The summed E-state index contributed by atoms with van der Waals surface area (Å²) in [7, 11) is 0. The lowest BCUT2D eigenvalue weighted by Gasteiger charge is -2.12. The Kier molecular flexibility index (Phi) is 2.63. The van der Waals surface area contributed by atoms with E-state index in [1.807, 2.05) is 12.1 Å². The Labute approximate surface area is 82.5 Å². The van der Waals surface area contributed by atoms with Crippen molar-refractivity contribution in [3.63, 3.8) is 0 Å². The van der Waals surface area contributed by atoms with Crippen molar-refractivity contribution in [3.8, 4) is 0 Å². The second-order valence-electron chi connectivity index (χ2n) is 3.69. The van der Waals surface area contributed by atoms with Gasteiger partial charge in [0.25, 0.3) is 0 Å². The summed E-state index contributed by atoms with van der Waals surface area (Å²) in [4.78, 5) is 3.98. The second-order valence-corrected chi connectivity index (χ2v) is 3.69. The first-order valence-electron chi connectivity index (χ1n) is 4.81. The van der Waals surface area contributed by atoms with Crippen LogP contribution in [0.15, 0.2) is 18.3 Å². The van der Waals surface area contributed by atoms with Crippen molar-refractivity contribution in [2.45, 2.75) is 12.6 Å². The van der Waals surface area contributed by atoms with Crippen LogP contribution in [-0.2, 0) is 6.42 Å². The van der Waals surface area contributed by atoms with Crippen molar-refractivity contribution >= 4 is 5.82 Å². The molecule has 1 aromatic rings. The molecule has 0 radical (unpaired) electrons. The van der Waals surface area contributed by atoms with Gasteiger partial charge in [0.05, 0.1) is 0 Å². The molecule has 1 aromatic heterocycles. The summed E-state index contributed by atoms with van der Waals surface area (Å²) in [5.74, 6) is 0.563. The van der Waals surface area contributed by atoms with Gasteiger partial charge in [-0.25, -0.2) is 9.37 Å². The third-order valence-corrected chi connectivity index (χ3v) is 2.67. The summed E-state index contributed by atoms with van der Waals surface area (Å²) < 4.78 is 13.3. The molecule has 2 rings (SSSR count). The third-order valence-electron chi connectivity index (χ3n) is 2.67. The molecule has 0 amide bonds. The number of aromatic nitrogens is 1. The summed E-state index contributed by atoms with van der Waals surface area (Å²) in [5, 5.41) is 3.03. The zero-order valence-electron chi connectivity index (χ0n) is 7.91. The van der Waals surface area contributed by atoms with Crippen molar-refractivity contribution < 1.29 is 4.39 Å². The van der Waals surface area contributed by atoms with Gasteiger partial charge in [0.15, 0.2) is 0 Å². The molecule has 2 heterocycles. The van der Waals surface area contributed by atoms with Gasteiger partial charge in [-0.2, -0.15) is 0 Å². The normalized spacial score (nSPS) is 26.6. The van der Waals surface area contributed by atoms with Crippen LogP contribution in [0.5, 0.6) is 0 Å². The highest BCUT2D eigenvalue weighted by atomic mass is 19.1. The maximum Gasteiger partial charge on any atom is 0.126 e. The van der Waals surface area contributed by atoms with E-state index >= 15 is 0 Å². The summed E-state index contributed by atoms with van der Waals surface area (Å²) in [6.45, 7) is 1.19. The van der Waals surface area contributed by atoms with Crippen molar-refractivity contribution in [3.05, 3.63) is 23.9 Å². The predicted octanol–water partition coefficient (Wildman–Crippen LogP) is 0.764. The maximum atomic E-state index is 13.3. The third kappa shape index (κ3) is 1.85. The van der Waals surface area contributed by atoms with E-state index in [2.05, 4.69) is 10.3 Å². The second kappa shape index (κ2) is 3.92. The van der Waals surface area contributed by atoms with Gasteiger partial charge in [-0.3, -0.25) is 0 Å². The Hall–Kier alpha value is -1.16. The minimum absolute atomic E-state index is 0.0431. The van der Waals surface area contributed by atoms with Gasteiger partial charge in [-0.05, 0) is 18.1 Å². The number of alkyl halides is 1. The zero-order valence-corrected chi connectivity index (χ0v) is 7.91. The standard InChI is InChI=1S/C10H14FN3/c11-9-6-13-5-8(9)4-7-2-1-3-14-10(7)12/h1-3,8-9,13H,4-6H2,(H2,12,14). The average Bonchev–Trinajstić information content (AvgIpc) is 2.56. The molecule has 1 aliphatic heterocycles. The molecule has 0 aliphatic carbocycles. The molecular weight excluding hydrogens is 181 g/mol. The zero-order chi connectivity index (χ0) is 9.97. The Morgan fingerprint density at radius 1 is 1.57 bits per heavy atom. The number of hydrogen-bond acceptors (Lipinski definition) is 3. The molecule has 1 fully saturated rings. The first-order valence-corrected chi connectivity index (χ1v) is 4.81. The van der Waals surface area contributed by atoms with Gasteiger partial charge in [0.1, 0.15) is 12.0 Å². The van der Waals surface area contributed by atoms with Crippen LogP contribution >= 0.6 is 0 Å². The Morgan fingerprint density at radius 2 is 2.43 bits per heavy atom. The number of nitrogens with one attached hydrogen (secondary N) is 1. The largest absolute Gasteiger partial charge is 0.383 e. The van der Waals surface area contributed by atoms with Crippen LogP contribution < -0.4 is 11.1 Å². The highest BCUT2D eigenvalue weighted by Crippen LogP contribution is 2.20. The number of nitrogens with two attached hydrogens (primary N) is 1.